The topological polar surface area (TPSA) is 67.4 Å². The lowest BCUT2D eigenvalue weighted by molar-refractivity contribution is -0.114. The largest absolute Gasteiger partial charge is 0.462 e. The molecule has 1 amide bonds. The molecule has 126 valence electrons. The maximum Gasteiger partial charge on any atom is 0.338 e. The molecule has 2 N–H and O–H groups in total. The van der Waals surface area contributed by atoms with Gasteiger partial charge in [-0.25, -0.2) is 4.79 Å². The molecular weight excluding hydrogens is 372 g/mol. The number of rotatable bonds is 7. The molecule has 0 atom stereocenters. The maximum atomic E-state index is 11.9. The molecule has 5 nitrogen and oxygen atoms in total. The highest BCUT2D eigenvalue weighted by atomic mass is 79.9. The first kappa shape index (κ1) is 18.0. The molecule has 24 heavy (non-hydrogen) atoms. The summed E-state index contributed by atoms with van der Waals surface area (Å²) >= 11 is 3.36. The number of carbonyl (C=O) groups excluding carboxylic acids is 2. The number of esters is 1. The molecule has 0 bridgehead atoms. The van der Waals surface area contributed by atoms with E-state index in [1.165, 1.54) is 0 Å². The third-order valence-corrected chi connectivity index (χ3v) is 3.67. The first-order valence-corrected chi connectivity index (χ1v) is 8.44. The van der Waals surface area contributed by atoms with Crippen LogP contribution in [0.4, 0.5) is 11.4 Å². The van der Waals surface area contributed by atoms with Crippen LogP contribution in [0.1, 0.15) is 23.7 Å². The van der Waals surface area contributed by atoms with Crippen LogP contribution in [0.15, 0.2) is 53.0 Å². The van der Waals surface area contributed by atoms with Crippen LogP contribution in [0.3, 0.4) is 0 Å². The number of hydrogen-bond acceptors (Lipinski definition) is 4. The van der Waals surface area contributed by atoms with Gasteiger partial charge in [0.2, 0.25) is 5.91 Å². The molecule has 2 rings (SSSR count). The van der Waals surface area contributed by atoms with Crippen LogP contribution in [0.2, 0.25) is 0 Å². The number of ether oxygens (including phenoxy) is 1. The monoisotopic (exact) mass is 390 g/mol. The SMILES string of the molecule is CCCOC(=O)c1ccc(NC(=O)CNc2ccc(Br)cc2)cc1. The zero-order valence-corrected chi connectivity index (χ0v) is 14.9. The van der Waals surface area contributed by atoms with Gasteiger partial charge in [0.15, 0.2) is 0 Å². The summed E-state index contributed by atoms with van der Waals surface area (Å²) in [6.45, 7) is 2.50. The van der Waals surface area contributed by atoms with Crippen LogP contribution in [0, 0.1) is 0 Å². The molecule has 6 heteroatoms. The van der Waals surface area contributed by atoms with Gasteiger partial charge in [-0.1, -0.05) is 22.9 Å². The zero-order valence-electron chi connectivity index (χ0n) is 13.3. The van der Waals surface area contributed by atoms with Crippen molar-refractivity contribution in [1.29, 1.82) is 0 Å². The summed E-state index contributed by atoms with van der Waals surface area (Å²) < 4.78 is 6.04. The second kappa shape index (κ2) is 9.08. The Kier molecular flexibility index (Phi) is 6.81. The maximum absolute atomic E-state index is 11.9. The lowest BCUT2D eigenvalue weighted by atomic mass is 10.2. The predicted molar refractivity (Wildman–Crippen MR) is 98.3 cm³/mol. The van der Waals surface area contributed by atoms with Crippen molar-refractivity contribution < 1.29 is 14.3 Å². The minimum atomic E-state index is -0.355. The Balaban J connectivity index is 1.83. The molecule has 0 aliphatic heterocycles. The number of nitrogens with one attached hydrogen (secondary N) is 2. The van der Waals surface area contributed by atoms with Crippen LogP contribution in [0.5, 0.6) is 0 Å². The Morgan fingerprint density at radius 1 is 1.00 bits per heavy atom. The number of anilines is 2. The Labute approximate surface area is 149 Å². The van der Waals surface area contributed by atoms with Crippen molar-refractivity contribution in [3.05, 3.63) is 58.6 Å². The summed E-state index contributed by atoms with van der Waals surface area (Å²) in [4.78, 5) is 23.6. The van der Waals surface area contributed by atoms with E-state index in [-0.39, 0.29) is 18.4 Å². The van der Waals surface area contributed by atoms with Crippen molar-refractivity contribution in [2.45, 2.75) is 13.3 Å². The summed E-state index contributed by atoms with van der Waals surface area (Å²) in [7, 11) is 0. The number of halogens is 1. The minimum Gasteiger partial charge on any atom is -0.462 e. The van der Waals surface area contributed by atoms with Gasteiger partial charge in [-0.05, 0) is 55.0 Å². The summed E-state index contributed by atoms with van der Waals surface area (Å²) in [6.07, 6.45) is 0.783. The molecule has 0 aromatic heterocycles. The van der Waals surface area contributed by atoms with Gasteiger partial charge in [0, 0.05) is 15.8 Å². The average Bonchev–Trinajstić information content (AvgIpc) is 2.60. The molecule has 0 unspecified atom stereocenters. The Morgan fingerprint density at radius 3 is 2.25 bits per heavy atom. The first-order chi connectivity index (χ1) is 11.6. The van der Waals surface area contributed by atoms with Gasteiger partial charge in [0.25, 0.3) is 0 Å². The van der Waals surface area contributed by atoms with E-state index >= 15 is 0 Å². The predicted octanol–water partition coefficient (Wildman–Crippen LogP) is 4.07. The first-order valence-electron chi connectivity index (χ1n) is 7.65. The van der Waals surface area contributed by atoms with Crippen molar-refractivity contribution in [2.24, 2.45) is 0 Å². The quantitative estimate of drug-likeness (QED) is 0.699. The van der Waals surface area contributed by atoms with Crippen molar-refractivity contribution >= 4 is 39.2 Å². The Hall–Kier alpha value is -2.34. The van der Waals surface area contributed by atoms with Gasteiger partial charge in [0.05, 0.1) is 18.7 Å². The summed E-state index contributed by atoms with van der Waals surface area (Å²) in [5.74, 6) is -0.522. The third-order valence-electron chi connectivity index (χ3n) is 3.14. The van der Waals surface area contributed by atoms with Gasteiger partial charge >= 0.3 is 5.97 Å². The van der Waals surface area contributed by atoms with E-state index in [1.54, 1.807) is 24.3 Å². The van der Waals surface area contributed by atoms with Gasteiger partial charge in [0.1, 0.15) is 0 Å². The fourth-order valence-corrected chi connectivity index (χ4v) is 2.19. The second-order valence-corrected chi connectivity index (χ2v) is 6.04. The molecule has 0 spiro atoms. The molecule has 0 saturated heterocycles. The number of benzene rings is 2. The molecule has 2 aromatic rings. The highest BCUT2D eigenvalue weighted by molar-refractivity contribution is 9.10. The molecule has 0 heterocycles. The second-order valence-electron chi connectivity index (χ2n) is 5.12. The van der Waals surface area contributed by atoms with Gasteiger partial charge in [-0.2, -0.15) is 0 Å². The van der Waals surface area contributed by atoms with Crippen LogP contribution in [0.25, 0.3) is 0 Å². The van der Waals surface area contributed by atoms with E-state index in [9.17, 15) is 9.59 Å². The average molecular weight is 391 g/mol. The standard InChI is InChI=1S/C18H19BrN2O3/c1-2-11-24-18(23)13-3-7-16(8-4-13)21-17(22)12-20-15-9-5-14(19)6-10-15/h3-10,20H,2,11-12H2,1H3,(H,21,22). The lowest BCUT2D eigenvalue weighted by Crippen LogP contribution is -2.21. The van der Waals surface area contributed by atoms with E-state index in [4.69, 9.17) is 4.74 Å². The van der Waals surface area contributed by atoms with E-state index in [1.807, 2.05) is 31.2 Å². The van der Waals surface area contributed by atoms with Gasteiger partial charge < -0.3 is 15.4 Å². The number of hydrogen-bond donors (Lipinski definition) is 2. The van der Waals surface area contributed by atoms with Crippen LogP contribution >= 0.6 is 15.9 Å². The van der Waals surface area contributed by atoms with Crippen molar-refractivity contribution in [1.82, 2.24) is 0 Å². The van der Waals surface area contributed by atoms with Crippen molar-refractivity contribution in [2.75, 3.05) is 23.8 Å². The number of carbonyl (C=O) groups is 2. The fraction of sp³-hybridized carbons (Fsp3) is 0.222. The van der Waals surface area contributed by atoms with Crippen LogP contribution < -0.4 is 10.6 Å². The molecular formula is C18H19BrN2O3. The van der Waals surface area contributed by atoms with E-state index in [0.29, 0.717) is 17.9 Å². The highest BCUT2D eigenvalue weighted by Crippen LogP contribution is 2.14. The molecule has 2 aromatic carbocycles. The van der Waals surface area contributed by atoms with Crippen LogP contribution in [-0.4, -0.2) is 25.0 Å². The van der Waals surface area contributed by atoms with E-state index in [0.717, 1.165) is 16.6 Å². The summed E-state index contributed by atoms with van der Waals surface area (Å²) in [5.41, 5.74) is 1.96. The fourth-order valence-electron chi connectivity index (χ4n) is 1.92. The normalized spacial score (nSPS) is 10.1. The van der Waals surface area contributed by atoms with Gasteiger partial charge in [-0.15, -0.1) is 0 Å². The molecule has 0 fully saturated rings. The molecule has 0 saturated carbocycles. The summed E-state index contributed by atoms with van der Waals surface area (Å²) in [5, 5.41) is 5.81. The van der Waals surface area contributed by atoms with Crippen LogP contribution in [-0.2, 0) is 9.53 Å². The Morgan fingerprint density at radius 2 is 1.62 bits per heavy atom. The van der Waals surface area contributed by atoms with Crippen molar-refractivity contribution in [3.63, 3.8) is 0 Å². The smallest absolute Gasteiger partial charge is 0.338 e. The molecule has 0 radical (unpaired) electrons. The molecule has 0 aliphatic carbocycles. The Bertz CT molecular complexity index is 684. The van der Waals surface area contributed by atoms with E-state index < -0.39 is 0 Å². The number of amides is 1. The van der Waals surface area contributed by atoms with E-state index in [2.05, 4.69) is 26.6 Å². The zero-order chi connectivity index (χ0) is 17.4. The highest BCUT2D eigenvalue weighted by Gasteiger charge is 2.07. The van der Waals surface area contributed by atoms with Crippen molar-refractivity contribution in [3.8, 4) is 0 Å². The molecule has 0 aliphatic rings. The summed E-state index contributed by atoms with van der Waals surface area (Å²) in [6, 6.07) is 14.2. The van der Waals surface area contributed by atoms with Gasteiger partial charge in [-0.3, -0.25) is 4.79 Å². The minimum absolute atomic E-state index is 0.155. The lowest BCUT2D eigenvalue weighted by Gasteiger charge is -2.09. The third kappa shape index (κ3) is 5.70.